The third-order valence-electron chi connectivity index (χ3n) is 5.34. The Bertz CT molecular complexity index is 1140. The summed E-state index contributed by atoms with van der Waals surface area (Å²) >= 11 is 0. The summed E-state index contributed by atoms with van der Waals surface area (Å²) in [6.45, 7) is 4.09. The number of carbonyl (C=O) groups is 1. The molecule has 9 nitrogen and oxygen atoms in total. The largest absolute Gasteiger partial charge is 0.495 e. The van der Waals surface area contributed by atoms with E-state index in [4.69, 9.17) is 14.5 Å². The Hall–Kier alpha value is -3.33. The van der Waals surface area contributed by atoms with Gasteiger partial charge in [0.2, 0.25) is 11.9 Å². The first kappa shape index (κ1) is 20.0. The summed E-state index contributed by atoms with van der Waals surface area (Å²) in [6, 6.07) is 9.04. The summed E-state index contributed by atoms with van der Waals surface area (Å²) in [5.74, 6) is 0.706. The molecule has 0 atom stereocenters. The van der Waals surface area contributed by atoms with Crippen LogP contribution in [0.4, 0.5) is 11.6 Å². The van der Waals surface area contributed by atoms with Crippen LogP contribution in [0.25, 0.3) is 11.0 Å². The number of rotatable bonds is 5. The molecule has 4 rings (SSSR count). The van der Waals surface area contributed by atoms with Gasteiger partial charge in [0, 0.05) is 25.8 Å². The predicted octanol–water partition coefficient (Wildman–Crippen LogP) is 1.53. The van der Waals surface area contributed by atoms with Gasteiger partial charge in [-0.15, -0.1) is 0 Å². The first-order valence-corrected chi connectivity index (χ1v) is 9.82. The number of aromatic nitrogens is 3. The first-order valence-electron chi connectivity index (χ1n) is 9.82. The number of benzene rings is 1. The first-order chi connectivity index (χ1) is 14.5. The van der Waals surface area contributed by atoms with E-state index in [1.54, 1.807) is 19.2 Å². The lowest BCUT2D eigenvalue weighted by atomic mass is 10.3. The van der Waals surface area contributed by atoms with E-state index >= 15 is 0 Å². The van der Waals surface area contributed by atoms with Crippen LogP contribution in [-0.2, 0) is 23.1 Å². The zero-order valence-corrected chi connectivity index (χ0v) is 17.3. The topological polar surface area (TPSA) is 90.6 Å². The number of ether oxygens (including phenoxy) is 2. The number of nitrogens with zero attached hydrogens (tertiary/aromatic N) is 4. The van der Waals surface area contributed by atoms with Crippen molar-refractivity contribution < 1.29 is 14.3 Å². The molecule has 0 spiro atoms. The summed E-state index contributed by atoms with van der Waals surface area (Å²) in [6.07, 6.45) is 0. The number of anilines is 2. The maximum absolute atomic E-state index is 13.4. The molecule has 1 fully saturated rings. The van der Waals surface area contributed by atoms with Gasteiger partial charge in [0.25, 0.3) is 5.56 Å². The monoisotopic (exact) mass is 411 g/mol. The number of hydrogen-bond donors (Lipinski definition) is 1. The molecular formula is C21H25N5O4. The maximum Gasteiger partial charge on any atom is 0.279 e. The van der Waals surface area contributed by atoms with Crippen LogP contribution in [0.15, 0.2) is 35.1 Å². The van der Waals surface area contributed by atoms with E-state index in [0.29, 0.717) is 54.7 Å². The molecule has 0 aliphatic carbocycles. The molecule has 1 aliphatic rings. The van der Waals surface area contributed by atoms with E-state index in [1.807, 2.05) is 41.6 Å². The fraction of sp³-hybridized carbons (Fsp3) is 0.381. The minimum Gasteiger partial charge on any atom is -0.495 e. The number of carbonyl (C=O) groups excluding carboxylic acids is 1. The molecule has 3 heterocycles. The molecule has 0 saturated carbocycles. The normalized spacial score (nSPS) is 14.2. The maximum atomic E-state index is 13.4. The Labute approximate surface area is 173 Å². The molecule has 1 aliphatic heterocycles. The average molecular weight is 411 g/mol. The van der Waals surface area contributed by atoms with Gasteiger partial charge in [-0.05, 0) is 25.1 Å². The molecule has 1 saturated heterocycles. The van der Waals surface area contributed by atoms with Crippen LogP contribution in [0.5, 0.6) is 5.75 Å². The van der Waals surface area contributed by atoms with Crippen LogP contribution in [0.1, 0.15) is 5.69 Å². The van der Waals surface area contributed by atoms with Crippen molar-refractivity contribution in [1.29, 1.82) is 0 Å². The highest BCUT2D eigenvalue weighted by atomic mass is 16.5. The number of para-hydroxylation sites is 2. The Morgan fingerprint density at radius 3 is 2.73 bits per heavy atom. The molecule has 1 aromatic carbocycles. The molecule has 3 aromatic rings. The smallest absolute Gasteiger partial charge is 0.279 e. The van der Waals surface area contributed by atoms with Crippen LogP contribution >= 0.6 is 0 Å². The zero-order valence-electron chi connectivity index (χ0n) is 17.3. The Kier molecular flexibility index (Phi) is 5.45. The summed E-state index contributed by atoms with van der Waals surface area (Å²) < 4.78 is 14.0. The standard InChI is InChI=1S/C21H25N5O4/c1-14-12-16-19(24(14)2)20(28)26(21(23-16)25-8-10-30-11-9-25)13-18(27)22-15-6-4-5-7-17(15)29-3/h4-7,12H,8-11,13H2,1-3H3,(H,22,27). The lowest BCUT2D eigenvalue weighted by molar-refractivity contribution is -0.116. The number of amides is 1. The van der Waals surface area contributed by atoms with Crippen molar-refractivity contribution in [2.24, 2.45) is 7.05 Å². The number of fused-ring (bicyclic) bond motifs is 1. The molecule has 0 bridgehead atoms. The molecule has 9 heteroatoms. The van der Waals surface area contributed by atoms with Gasteiger partial charge >= 0.3 is 0 Å². The third-order valence-corrected chi connectivity index (χ3v) is 5.34. The van der Waals surface area contributed by atoms with Crippen LogP contribution < -0.4 is 20.5 Å². The van der Waals surface area contributed by atoms with Gasteiger partial charge in [-0.1, -0.05) is 12.1 Å². The van der Waals surface area contributed by atoms with Gasteiger partial charge in [0.15, 0.2) is 0 Å². The van der Waals surface area contributed by atoms with Gasteiger partial charge in [-0.3, -0.25) is 14.2 Å². The Balaban J connectivity index is 1.74. The van der Waals surface area contributed by atoms with Crippen molar-refractivity contribution in [2.45, 2.75) is 13.5 Å². The van der Waals surface area contributed by atoms with Crippen LogP contribution in [0.2, 0.25) is 0 Å². The Morgan fingerprint density at radius 1 is 1.27 bits per heavy atom. The van der Waals surface area contributed by atoms with Gasteiger partial charge < -0.3 is 24.3 Å². The number of aryl methyl sites for hydroxylation is 2. The van der Waals surface area contributed by atoms with Crippen LogP contribution in [0, 0.1) is 6.92 Å². The van der Waals surface area contributed by atoms with Crippen molar-refractivity contribution in [3.05, 3.63) is 46.4 Å². The molecule has 30 heavy (non-hydrogen) atoms. The van der Waals surface area contributed by atoms with Crippen LogP contribution in [-0.4, -0.2) is 53.4 Å². The second-order valence-electron chi connectivity index (χ2n) is 7.23. The number of nitrogens with one attached hydrogen (secondary N) is 1. The minimum absolute atomic E-state index is 0.156. The van der Waals surface area contributed by atoms with Crippen molar-refractivity contribution >= 4 is 28.6 Å². The number of methoxy groups -OCH3 is 1. The number of morpholine rings is 1. The highest BCUT2D eigenvalue weighted by molar-refractivity contribution is 5.92. The highest BCUT2D eigenvalue weighted by Gasteiger charge is 2.23. The van der Waals surface area contributed by atoms with E-state index in [0.717, 1.165) is 5.69 Å². The van der Waals surface area contributed by atoms with Crippen molar-refractivity contribution in [1.82, 2.24) is 14.1 Å². The summed E-state index contributed by atoms with van der Waals surface area (Å²) in [7, 11) is 3.37. The molecule has 1 N–H and O–H groups in total. The van der Waals surface area contributed by atoms with Crippen molar-refractivity contribution in [3.63, 3.8) is 0 Å². The van der Waals surface area contributed by atoms with Gasteiger partial charge in [0.1, 0.15) is 17.8 Å². The van der Waals surface area contributed by atoms with E-state index in [2.05, 4.69) is 5.32 Å². The van der Waals surface area contributed by atoms with E-state index < -0.39 is 0 Å². The minimum atomic E-state index is -0.330. The second-order valence-corrected chi connectivity index (χ2v) is 7.23. The molecule has 1 amide bonds. The summed E-state index contributed by atoms with van der Waals surface area (Å²) in [5.41, 5.74) is 2.35. The predicted molar refractivity (Wildman–Crippen MR) is 114 cm³/mol. The molecular weight excluding hydrogens is 386 g/mol. The third kappa shape index (κ3) is 3.63. The van der Waals surface area contributed by atoms with Crippen molar-refractivity contribution in [2.75, 3.05) is 43.6 Å². The summed E-state index contributed by atoms with van der Waals surface area (Å²) in [4.78, 5) is 33.0. The fourth-order valence-electron chi connectivity index (χ4n) is 3.66. The van der Waals surface area contributed by atoms with Gasteiger partial charge in [-0.25, -0.2) is 4.98 Å². The van der Waals surface area contributed by atoms with E-state index in [9.17, 15) is 9.59 Å². The van der Waals surface area contributed by atoms with Gasteiger partial charge in [0.05, 0.1) is 31.5 Å². The summed E-state index contributed by atoms with van der Waals surface area (Å²) in [5, 5.41) is 2.83. The molecule has 158 valence electrons. The Morgan fingerprint density at radius 2 is 2.00 bits per heavy atom. The lowest BCUT2D eigenvalue weighted by Crippen LogP contribution is -2.42. The average Bonchev–Trinajstić information content (AvgIpc) is 3.04. The SMILES string of the molecule is COc1ccccc1NC(=O)Cn1c(N2CCOCC2)nc2cc(C)n(C)c2c1=O. The molecule has 0 unspecified atom stereocenters. The fourth-order valence-corrected chi connectivity index (χ4v) is 3.66. The quantitative estimate of drug-likeness (QED) is 0.685. The molecule has 0 radical (unpaired) electrons. The van der Waals surface area contributed by atoms with Crippen LogP contribution in [0.3, 0.4) is 0 Å². The molecule has 2 aromatic heterocycles. The van der Waals surface area contributed by atoms with Gasteiger partial charge in [-0.2, -0.15) is 0 Å². The lowest BCUT2D eigenvalue weighted by Gasteiger charge is -2.29. The van der Waals surface area contributed by atoms with Crippen molar-refractivity contribution in [3.8, 4) is 5.75 Å². The van der Waals surface area contributed by atoms with E-state index in [-0.39, 0.29) is 18.0 Å². The number of hydrogen-bond acceptors (Lipinski definition) is 6. The second kappa shape index (κ2) is 8.19. The zero-order chi connectivity index (χ0) is 21.3. The highest BCUT2D eigenvalue weighted by Crippen LogP contribution is 2.23. The van der Waals surface area contributed by atoms with E-state index in [1.165, 1.54) is 4.57 Å².